The Morgan fingerprint density at radius 2 is 1.84 bits per heavy atom. The number of nitrogens with one attached hydrogen (secondary N) is 3. The minimum Gasteiger partial charge on any atom is -0.496 e. The van der Waals surface area contributed by atoms with Crippen LogP contribution in [0.2, 0.25) is 0 Å². The number of benzene rings is 1. The zero-order valence-electron chi connectivity index (χ0n) is 10.4. The average molecular weight is 283 g/mol. The van der Waals surface area contributed by atoms with E-state index in [4.69, 9.17) is 17.0 Å². The van der Waals surface area contributed by atoms with Crippen LogP contribution >= 0.6 is 12.2 Å². The van der Waals surface area contributed by atoms with Gasteiger partial charge in [0.05, 0.1) is 19.8 Å². The van der Waals surface area contributed by atoms with Crippen molar-refractivity contribution < 1.29 is 19.1 Å². The van der Waals surface area contributed by atoms with Crippen molar-refractivity contribution in [1.29, 1.82) is 0 Å². The van der Waals surface area contributed by atoms with Crippen LogP contribution in [-0.4, -0.2) is 31.3 Å². The van der Waals surface area contributed by atoms with Crippen LogP contribution in [0, 0.1) is 0 Å². The monoisotopic (exact) mass is 283 g/mol. The normalized spacial score (nSPS) is 9.16. The molecule has 0 saturated carbocycles. The molecule has 0 aromatic heterocycles. The minimum absolute atomic E-state index is 0.0682. The van der Waals surface area contributed by atoms with Gasteiger partial charge in [-0.3, -0.25) is 15.5 Å². The minimum atomic E-state index is -0.728. The molecule has 8 heteroatoms. The van der Waals surface area contributed by atoms with Crippen molar-refractivity contribution in [2.45, 2.75) is 0 Å². The SMILES string of the molecule is COC(=O)NNC(=S)NC(=O)c1ccccc1OC. The molecule has 0 saturated heterocycles. The number of amides is 2. The molecular weight excluding hydrogens is 270 g/mol. The first-order chi connectivity index (χ1) is 9.08. The quantitative estimate of drug-likeness (QED) is 0.543. The second-order valence-corrected chi connectivity index (χ2v) is 3.63. The van der Waals surface area contributed by atoms with Crippen LogP contribution < -0.4 is 20.9 Å². The van der Waals surface area contributed by atoms with E-state index in [0.29, 0.717) is 11.3 Å². The third-order valence-electron chi connectivity index (χ3n) is 2.04. The average Bonchev–Trinajstić information content (AvgIpc) is 2.44. The van der Waals surface area contributed by atoms with Gasteiger partial charge in [0.25, 0.3) is 5.91 Å². The Morgan fingerprint density at radius 1 is 1.16 bits per heavy atom. The van der Waals surface area contributed by atoms with Crippen molar-refractivity contribution in [2.75, 3.05) is 14.2 Å². The van der Waals surface area contributed by atoms with E-state index in [1.54, 1.807) is 24.3 Å². The summed E-state index contributed by atoms with van der Waals surface area (Å²) in [6, 6.07) is 6.67. The highest BCUT2D eigenvalue weighted by atomic mass is 32.1. The molecule has 0 fully saturated rings. The van der Waals surface area contributed by atoms with Gasteiger partial charge in [-0.05, 0) is 24.4 Å². The van der Waals surface area contributed by atoms with Gasteiger partial charge in [-0.1, -0.05) is 12.1 Å². The van der Waals surface area contributed by atoms with Gasteiger partial charge >= 0.3 is 6.09 Å². The first kappa shape index (κ1) is 14.7. The van der Waals surface area contributed by atoms with E-state index in [9.17, 15) is 9.59 Å². The number of rotatable bonds is 2. The summed E-state index contributed by atoms with van der Waals surface area (Å²) in [4.78, 5) is 22.7. The van der Waals surface area contributed by atoms with Gasteiger partial charge in [0.2, 0.25) is 0 Å². The molecule has 1 rings (SSSR count). The maximum Gasteiger partial charge on any atom is 0.425 e. The molecule has 19 heavy (non-hydrogen) atoms. The topological polar surface area (TPSA) is 88.7 Å². The molecule has 2 amide bonds. The zero-order valence-corrected chi connectivity index (χ0v) is 11.2. The van der Waals surface area contributed by atoms with Gasteiger partial charge in [0.1, 0.15) is 5.75 Å². The van der Waals surface area contributed by atoms with Gasteiger partial charge in [-0.15, -0.1) is 0 Å². The summed E-state index contributed by atoms with van der Waals surface area (Å²) in [5.74, 6) is -0.0367. The third kappa shape index (κ3) is 4.43. The highest BCUT2D eigenvalue weighted by Gasteiger charge is 2.12. The third-order valence-corrected chi connectivity index (χ3v) is 2.25. The largest absolute Gasteiger partial charge is 0.496 e. The molecule has 0 unspecified atom stereocenters. The smallest absolute Gasteiger partial charge is 0.425 e. The Labute approximate surface area is 115 Å². The molecule has 0 aliphatic rings. The molecule has 0 spiro atoms. The number of carbonyl (C=O) groups is 2. The summed E-state index contributed by atoms with van der Waals surface area (Å²) in [6.45, 7) is 0. The van der Waals surface area contributed by atoms with E-state index >= 15 is 0 Å². The molecule has 1 aromatic carbocycles. The first-order valence-corrected chi connectivity index (χ1v) is 5.57. The number of hydrazine groups is 1. The van der Waals surface area contributed by atoms with Crippen LogP contribution in [0.15, 0.2) is 24.3 Å². The number of hydrogen-bond acceptors (Lipinski definition) is 5. The number of hydrogen-bond donors (Lipinski definition) is 3. The van der Waals surface area contributed by atoms with E-state index in [-0.39, 0.29) is 5.11 Å². The molecule has 7 nitrogen and oxygen atoms in total. The van der Waals surface area contributed by atoms with Gasteiger partial charge in [-0.25, -0.2) is 10.2 Å². The lowest BCUT2D eigenvalue weighted by Gasteiger charge is -2.11. The number of para-hydroxylation sites is 1. The Morgan fingerprint density at radius 3 is 2.47 bits per heavy atom. The number of ether oxygens (including phenoxy) is 2. The van der Waals surface area contributed by atoms with Crippen LogP contribution in [0.3, 0.4) is 0 Å². The molecule has 3 N–H and O–H groups in total. The van der Waals surface area contributed by atoms with E-state index in [1.807, 2.05) is 0 Å². The Hall–Kier alpha value is -2.35. The second kappa shape index (κ2) is 7.17. The lowest BCUT2D eigenvalue weighted by atomic mass is 10.2. The zero-order chi connectivity index (χ0) is 14.3. The predicted octanol–water partition coefficient (Wildman–Crippen LogP) is 0.570. The van der Waals surface area contributed by atoms with Crippen molar-refractivity contribution >= 4 is 29.3 Å². The van der Waals surface area contributed by atoms with E-state index in [1.165, 1.54) is 14.2 Å². The highest BCUT2D eigenvalue weighted by Crippen LogP contribution is 2.16. The van der Waals surface area contributed by atoms with Crippen molar-refractivity contribution in [3.05, 3.63) is 29.8 Å². The molecule has 0 aliphatic heterocycles. The molecular formula is C11H13N3O4S. The molecule has 0 bridgehead atoms. The maximum atomic E-state index is 11.9. The van der Waals surface area contributed by atoms with E-state index < -0.39 is 12.0 Å². The number of methoxy groups -OCH3 is 2. The van der Waals surface area contributed by atoms with Gasteiger partial charge in [-0.2, -0.15) is 0 Å². The van der Waals surface area contributed by atoms with Crippen LogP contribution in [0.5, 0.6) is 5.75 Å². The summed E-state index contributed by atoms with van der Waals surface area (Å²) in [5.41, 5.74) is 4.75. The molecule has 1 aromatic rings. The van der Waals surface area contributed by atoms with Crippen molar-refractivity contribution in [3.8, 4) is 5.75 Å². The number of carbonyl (C=O) groups excluding carboxylic acids is 2. The Kier molecular flexibility index (Phi) is 5.55. The maximum absolute atomic E-state index is 11.9. The van der Waals surface area contributed by atoms with Crippen LogP contribution in [-0.2, 0) is 4.74 Å². The second-order valence-electron chi connectivity index (χ2n) is 3.23. The van der Waals surface area contributed by atoms with Crippen molar-refractivity contribution in [2.24, 2.45) is 0 Å². The Balaban J connectivity index is 2.59. The predicted molar refractivity (Wildman–Crippen MR) is 71.7 cm³/mol. The van der Waals surface area contributed by atoms with Gasteiger partial charge < -0.3 is 9.47 Å². The van der Waals surface area contributed by atoms with Crippen LogP contribution in [0.25, 0.3) is 0 Å². The van der Waals surface area contributed by atoms with Crippen LogP contribution in [0.4, 0.5) is 4.79 Å². The van der Waals surface area contributed by atoms with Gasteiger partial charge in [0, 0.05) is 0 Å². The molecule has 0 atom stereocenters. The molecule has 0 heterocycles. The fourth-order valence-corrected chi connectivity index (χ4v) is 1.34. The summed E-state index contributed by atoms with van der Waals surface area (Å²) in [7, 11) is 2.66. The standard InChI is InChI=1S/C11H13N3O4S/c1-17-8-6-4-3-5-7(8)9(15)12-10(19)13-14-11(16)18-2/h3-6H,1-2H3,(H,14,16)(H2,12,13,15,19). The van der Waals surface area contributed by atoms with Crippen molar-refractivity contribution in [3.63, 3.8) is 0 Å². The van der Waals surface area contributed by atoms with Crippen LogP contribution in [0.1, 0.15) is 10.4 Å². The molecule has 102 valence electrons. The lowest BCUT2D eigenvalue weighted by Crippen LogP contribution is -2.48. The summed E-state index contributed by atoms with van der Waals surface area (Å²) in [5, 5.41) is 2.31. The first-order valence-electron chi connectivity index (χ1n) is 5.16. The van der Waals surface area contributed by atoms with E-state index in [2.05, 4.69) is 20.9 Å². The van der Waals surface area contributed by atoms with Crippen molar-refractivity contribution in [1.82, 2.24) is 16.2 Å². The highest BCUT2D eigenvalue weighted by molar-refractivity contribution is 7.80. The van der Waals surface area contributed by atoms with Gasteiger partial charge in [0.15, 0.2) is 5.11 Å². The Bertz CT molecular complexity index is 493. The fourth-order valence-electron chi connectivity index (χ4n) is 1.19. The molecule has 0 aliphatic carbocycles. The summed E-state index contributed by atoms with van der Waals surface area (Å²) in [6.07, 6.45) is -0.728. The lowest BCUT2D eigenvalue weighted by molar-refractivity contribution is 0.0972. The fraction of sp³-hybridized carbons (Fsp3) is 0.182. The molecule has 0 radical (unpaired) electrons. The summed E-state index contributed by atoms with van der Waals surface area (Å²) < 4.78 is 9.37. The number of thiocarbonyl (C=S) groups is 1. The summed E-state index contributed by atoms with van der Waals surface area (Å²) >= 11 is 4.82. The van der Waals surface area contributed by atoms with E-state index in [0.717, 1.165) is 0 Å².